The van der Waals surface area contributed by atoms with Crippen LogP contribution in [0.1, 0.15) is 18.9 Å². The lowest BCUT2D eigenvalue weighted by Crippen LogP contribution is -2.56. The third-order valence-electron chi connectivity index (χ3n) is 3.89. The van der Waals surface area contributed by atoms with Gasteiger partial charge in [0.25, 0.3) is 0 Å². The zero-order chi connectivity index (χ0) is 14.0. The van der Waals surface area contributed by atoms with E-state index in [1.807, 2.05) is 0 Å². The summed E-state index contributed by atoms with van der Waals surface area (Å²) in [6.07, 6.45) is 0.567. The molecule has 1 aliphatic rings. The number of halogens is 1. The van der Waals surface area contributed by atoms with Gasteiger partial charge in [-0.3, -0.25) is 4.90 Å². The van der Waals surface area contributed by atoms with Gasteiger partial charge in [0.1, 0.15) is 0 Å². The number of nitriles is 1. The van der Waals surface area contributed by atoms with Crippen LogP contribution in [0.5, 0.6) is 0 Å². The quantitative estimate of drug-likeness (QED) is 0.838. The van der Waals surface area contributed by atoms with Crippen molar-refractivity contribution in [2.24, 2.45) is 0 Å². The minimum absolute atomic E-state index is 0.269. The van der Waals surface area contributed by atoms with Crippen LogP contribution in [0.4, 0.5) is 5.69 Å². The van der Waals surface area contributed by atoms with Gasteiger partial charge in [0.2, 0.25) is 0 Å². The molecule has 0 aliphatic carbocycles. The zero-order valence-electron chi connectivity index (χ0n) is 11.7. The molecule has 0 spiro atoms. The lowest BCUT2D eigenvalue weighted by molar-refractivity contribution is 0.200. The molecular formula is C15H20BrN3. The van der Waals surface area contributed by atoms with Crippen LogP contribution in [-0.4, -0.2) is 37.1 Å². The van der Waals surface area contributed by atoms with E-state index in [1.54, 1.807) is 0 Å². The first-order valence-corrected chi connectivity index (χ1v) is 7.42. The Labute approximate surface area is 123 Å². The minimum Gasteiger partial charge on any atom is -0.364 e. The summed E-state index contributed by atoms with van der Waals surface area (Å²) < 4.78 is 1.12. The lowest BCUT2D eigenvalue weighted by Gasteiger charge is -2.44. The molecule has 4 heteroatoms. The van der Waals surface area contributed by atoms with Crippen LogP contribution in [0.2, 0.25) is 0 Å². The van der Waals surface area contributed by atoms with Gasteiger partial charge in [0, 0.05) is 23.6 Å². The summed E-state index contributed by atoms with van der Waals surface area (Å²) in [5.41, 5.74) is 2.44. The van der Waals surface area contributed by atoms with Crippen molar-refractivity contribution in [3.8, 4) is 6.07 Å². The van der Waals surface area contributed by atoms with E-state index in [9.17, 15) is 0 Å². The van der Waals surface area contributed by atoms with Crippen LogP contribution in [0.3, 0.4) is 0 Å². The smallest absolute Gasteiger partial charge is 0.0643 e. The number of nitrogens with zero attached hydrogens (tertiary/aromatic N) is 3. The maximum Gasteiger partial charge on any atom is 0.0643 e. The van der Waals surface area contributed by atoms with Gasteiger partial charge >= 0.3 is 0 Å². The second-order valence-electron chi connectivity index (χ2n) is 5.41. The highest BCUT2D eigenvalue weighted by Crippen LogP contribution is 2.31. The molecule has 1 aromatic carbocycles. The first-order valence-electron chi connectivity index (χ1n) is 6.63. The third kappa shape index (κ3) is 3.10. The summed E-state index contributed by atoms with van der Waals surface area (Å²) in [5, 5.41) is 9.04. The van der Waals surface area contributed by atoms with Crippen LogP contribution in [0, 0.1) is 18.3 Å². The van der Waals surface area contributed by atoms with E-state index >= 15 is 0 Å². The van der Waals surface area contributed by atoms with Crippen molar-refractivity contribution in [2.75, 3.05) is 25.0 Å². The maximum absolute atomic E-state index is 9.04. The molecule has 0 amide bonds. The molecule has 1 aliphatic heterocycles. The summed E-state index contributed by atoms with van der Waals surface area (Å²) in [4.78, 5) is 4.71. The van der Waals surface area contributed by atoms with Crippen molar-refractivity contribution in [3.63, 3.8) is 0 Å². The molecule has 0 N–H and O–H groups in total. The summed E-state index contributed by atoms with van der Waals surface area (Å²) in [6.45, 7) is 6.23. The number of rotatable bonds is 2. The van der Waals surface area contributed by atoms with Gasteiger partial charge in [0.15, 0.2) is 0 Å². The normalized spacial score (nSPS) is 24.3. The molecule has 1 fully saturated rings. The fourth-order valence-electron chi connectivity index (χ4n) is 2.60. The highest BCUT2D eigenvalue weighted by atomic mass is 79.9. The Balaban J connectivity index is 2.31. The van der Waals surface area contributed by atoms with Crippen molar-refractivity contribution in [1.29, 1.82) is 5.26 Å². The van der Waals surface area contributed by atoms with Gasteiger partial charge in [0.05, 0.1) is 24.2 Å². The van der Waals surface area contributed by atoms with E-state index in [4.69, 9.17) is 5.26 Å². The largest absolute Gasteiger partial charge is 0.364 e. The maximum atomic E-state index is 9.04. The molecule has 0 saturated carbocycles. The number of hydrogen-bond donors (Lipinski definition) is 0. The molecule has 19 heavy (non-hydrogen) atoms. The molecule has 1 saturated heterocycles. The molecule has 102 valence electrons. The van der Waals surface area contributed by atoms with E-state index in [-0.39, 0.29) is 6.04 Å². The molecule has 2 atom stereocenters. The summed E-state index contributed by atoms with van der Waals surface area (Å²) >= 11 is 3.66. The van der Waals surface area contributed by atoms with Crippen LogP contribution >= 0.6 is 15.9 Å². The molecule has 1 aromatic rings. The fourth-order valence-corrected chi connectivity index (χ4v) is 3.33. The van der Waals surface area contributed by atoms with E-state index in [1.165, 1.54) is 11.3 Å². The van der Waals surface area contributed by atoms with E-state index in [0.29, 0.717) is 12.5 Å². The lowest BCUT2D eigenvalue weighted by atomic mass is 10.0. The van der Waals surface area contributed by atoms with Crippen molar-refractivity contribution < 1.29 is 0 Å². The number of hydrogen-bond acceptors (Lipinski definition) is 3. The Morgan fingerprint density at radius 3 is 2.79 bits per heavy atom. The van der Waals surface area contributed by atoms with Crippen LogP contribution < -0.4 is 4.90 Å². The fraction of sp³-hybridized carbons (Fsp3) is 0.533. The van der Waals surface area contributed by atoms with Crippen molar-refractivity contribution in [3.05, 3.63) is 28.2 Å². The second-order valence-corrected chi connectivity index (χ2v) is 6.27. The molecule has 2 unspecified atom stereocenters. The summed E-state index contributed by atoms with van der Waals surface area (Å²) in [5.74, 6) is 0. The monoisotopic (exact) mass is 321 g/mol. The predicted molar refractivity (Wildman–Crippen MR) is 82.3 cm³/mol. The number of likely N-dealkylation sites (N-methyl/N-ethyl adjacent to an activating group) is 1. The minimum atomic E-state index is 0.269. The molecule has 2 rings (SSSR count). The van der Waals surface area contributed by atoms with Crippen LogP contribution in [0.25, 0.3) is 0 Å². The highest BCUT2D eigenvalue weighted by Gasteiger charge is 2.30. The van der Waals surface area contributed by atoms with Crippen molar-refractivity contribution in [1.82, 2.24) is 4.90 Å². The van der Waals surface area contributed by atoms with Gasteiger partial charge in [-0.05, 0) is 54.5 Å². The third-order valence-corrected chi connectivity index (χ3v) is 4.53. The molecule has 1 heterocycles. The van der Waals surface area contributed by atoms with Gasteiger partial charge in [-0.2, -0.15) is 5.26 Å². The Morgan fingerprint density at radius 2 is 2.16 bits per heavy atom. The van der Waals surface area contributed by atoms with Crippen LogP contribution in [-0.2, 0) is 0 Å². The average Bonchev–Trinajstić information content (AvgIpc) is 2.34. The topological polar surface area (TPSA) is 30.3 Å². The molecule has 0 radical (unpaired) electrons. The second kappa shape index (κ2) is 5.94. The van der Waals surface area contributed by atoms with E-state index < -0.39 is 0 Å². The van der Waals surface area contributed by atoms with Gasteiger partial charge in [-0.15, -0.1) is 0 Å². The summed E-state index contributed by atoms with van der Waals surface area (Å²) in [7, 11) is 2.14. The van der Waals surface area contributed by atoms with E-state index in [2.05, 4.69) is 70.9 Å². The number of benzene rings is 1. The molecule has 0 aromatic heterocycles. The Hall–Kier alpha value is -1.05. The van der Waals surface area contributed by atoms with Crippen molar-refractivity contribution >= 4 is 21.6 Å². The average molecular weight is 322 g/mol. The molecule has 0 bridgehead atoms. The Bertz CT molecular complexity index is 495. The predicted octanol–water partition coefficient (Wildman–Crippen LogP) is 3.18. The number of anilines is 1. The Kier molecular flexibility index (Phi) is 4.49. The molecule has 3 nitrogen and oxygen atoms in total. The Morgan fingerprint density at radius 1 is 1.42 bits per heavy atom. The van der Waals surface area contributed by atoms with Gasteiger partial charge in [-0.25, -0.2) is 0 Å². The van der Waals surface area contributed by atoms with E-state index in [0.717, 1.165) is 17.6 Å². The van der Waals surface area contributed by atoms with Gasteiger partial charge in [-0.1, -0.05) is 6.07 Å². The van der Waals surface area contributed by atoms with Crippen molar-refractivity contribution in [2.45, 2.75) is 32.4 Å². The summed E-state index contributed by atoms with van der Waals surface area (Å²) in [6, 6.07) is 9.52. The number of piperazine rings is 1. The first kappa shape index (κ1) is 14.4. The highest BCUT2D eigenvalue weighted by molar-refractivity contribution is 9.10. The number of aryl methyl sites for hydroxylation is 1. The first-order chi connectivity index (χ1) is 9.02. The zero-order valence-corrected chi connectivity index (χ0v) is 13.3. The standard InChI is InChI=1S/C15H20BrN3/c1-11-4-5-15(14(16)8-11)19-9-12(2)18(3)10-13(19)6-7-17/h4-5,8,12-13H,6,9-10H2,1-3H3. The van der Waals surface area contributed by atoms with Crippen LogP contribution in [0.15, 0.2) is 22.7 Å². The SMILES string of the molecule is Cc1ccc(N2CC(C)N(C)CC2CC#N)c(Br)c1. The van der Waals surface area contributed by atoms with Gasteiger partial charge < -0.3 is 4.90 Å². The molecular weight excluding hydrogens is 302 g/mol.